The summed E-state index contributed by atoms with van der Waals surface area (Å²) in [7, 11) is 0. The molecule has 0 aliphatic carbocycles. The molecule has 0 aliphatic rings. The highest BCUT2D eigenvalue weighted by molar-refractivity contribution is 5.22. The highest BCUT2D eigenvalue weighted by atomic mass is 19.1. The molecule has 1 nitrogen and oxygen atoms in total. The Morgan fingerprint density at radius 2 is 2.07 bits per heavy atom. The molecule has 2 heteroatoms. The first kappa shape index (κ1) is 11.8. The molecule has 1 aromatic carbocycles. The maximum absolute atomic E-state index is 12.7. The SMILES string of the molecule is CCCC=CCCOc1cccc(F)c1. The third-order valence-corrected chi connectivity index (χ3v) is 1.97. The number of rotatable bonds is 6. The van der Waals surface area contributed by atoms with Crippen molar-refractivity contribution < 1.29 is 9.13 Å². The van der Waals surface area contributed by atoms with E-state index in [2.05, 4.69) is 19.1 Å². The fourth-order valence-corrected chi connectivity index (χ4v) is 1.20. The van der Waals surface area contributed by atoms with Gasteiger partial charge in [0.05, 0.1) is 6.61 Å². The van der Waals surface area contributed by atoms with E-state index in [1.54, 1.807) is 12.1 Å². The highest BCUT2D eigenvalue weighted by Crippen LogP contribution is 2.11. The lowest BCUT2D eigenvalue weighted by molar-refractivity contribution is 0.323. The van der Waals surface area contributed by atoms with E-state index in [-0.39, 0.29) is 5.82 Å². The maximum Gasteiger partial charge on any atom is 0.126 e. The van der Waals surface area contributed by atoms with E-state index >= 15 is 0 Å². The summed E-state index contributed by atoms with van der Waals surface area (Å²) in [6, 6.07) is 6.22. The molecule has 15 heavy (non-hydrogen) atoms. The van der Waals surface area contributed by atoms with E-state index in [1.807, 2.05) is 0 Å². The van der Waals surface area contributed by atoms with Gasteiger partial charge in [-0.15, -0.1) is 0 Å². The van der Waals surface area contributed by atoms with Crippen LogP contribution in [0.3, 0.4) is 0 Å². The molecule has 0 amide bonds. The van der Waals surface area contributed by atoms with Gasteiger partial charge in [0.15, 0.2) is 0 Å². The molecule has 0 N–H and O–H groups in total. The Bertz CT molecular complexity index is 307. The van der Waals surface area contributed by atoms with Crippen LogP contribution in [0.2, 0.25) is 0 Å². The molecule has 0 spiro atoms. The average Bonchev–Trinajstić information content (AvgIpc) is 2.23. The van der Waals surface area contributed by atoms with Crippen molar-refractivity contribution >= 4 is 0 Å². The third-order valence-electron chi connectivity index (χ3n) is 1.97. The molecular weight excluding hydrogens is 191 g/mol. The number of ether oxygens (including phenoxy) is 1. The summed E-state index contributed by atoms with van der Waals surface area (Å²) >= 11 is 0. The number of halogens is 1. The zero-order valence-corrected chi connectivity index (χ0v) is 9.08. The quantitative estimate of drug-likeness (QED) is 0.508. The molecule has 0 heterocycles. The zero-order chi connectivity index (χ0) is 10.9. The summed E-state index contributed by atoms with van der Waals surface area (Å²) < 4.78 is 18.1. The first-order valence-electron chi connectivity index (χ1n) is 5.36. The average molecular weight is 208 g/mol. The monoisotopic (exact) mass is 208 g/mol. The molecule has 0 fully saturated rings. The lowest BCUT2D eigenvalue weighted by Gasteiger charge is -2.03. The predicted molar refractivity (Wildman–Crippen MR) is 60.6 cm³/mol. The van der Waals surface area contributed by atoms with Gasteiger partial charge in [0.1, 0.15) is 11.6 Å². The summed E-state index contributed by atoms with van der Waals surface area (Å²) in [4.78, 5) is 0. The second-order valence-electron chi connectivity index (χ2n) is 3.35. The Kier molecular flexibility index (Phi) is 5.52. The van der Waals surface area contributed by atoms with Gasteiger partial charge < -0.3 is 4.74 Å². The summed E-state index contributed by atoms with van der Waals surface area (Å²) in [6.45, 7) is 2.75. The van der Waals surface area contributed by atoms with Gasteiger partial charge in [-0.05, 0) is 25.0 Å². The van der Waals surface area contributed by atoms with E-state index in [1.165, 1.54) is 18.6 Å². The summed E-state index contributed by atoms with van der Waals surface area (Å²) in [6.07, 6.45) is 7.40. The molecule has 1 rings (SSSR count). The van der Waals surface area contributed by atoms with E-state index in [4.69, 9.17) is 4.74 Å². The lowest BCUT2D eigenvalue weighted by Crippen LogP contribution is -1.95. The van der Waals surface area contributed by atoms with E-state index < -0.39 is 0 Å². The van der Waals surface area contributed by atoms with Crippen molar-refractivity contribution in [2.24, 2.45) is 0 Å². The molecule has 0 aromatic heterocycles. The molecule has 0 saturated heterocycles. The molecule has 0 aliphatic heterocycles. The molecule has 82 valence electrons. The number of allylic oxidation sites excluding steroid dienone is 1. The van der Waals surface area contributed by atoms with Crippen LogP contribution in [-0.4, -0.2) is 6.61 Å². The molecule has 0 bridgehead atoms. The Morgan fingerprint density at radius 1 is 1.27 bits per heavy atom. The van der Waals surface area contributed by atoms with Crippen LogP contribution in [0.4, 0.5) is 4.39 Å². The molecule has 0 atom stereocenters. The minimum Gasteiger partial charge on any atom is -0.493 e. The summed E-state index contributed by atoms with van der Waals surface area (Å²) in [5, 5.41) is 0. The van der Waals surface area contributed by atoms with Gasteiger partial charge in [0.25, 0.3) is 0 Å². The maximum atomic E-state index is 12.7. The van der Waals surface area contributed by atoms with Crippen LogP contribution in [0, 0.1) is 5.82 Å². The van der Waals surface area contributed by atoms with Gasteiger partial charge in [-0.25, -0.2) is 4.39 Å². The van der Waals surface area contributed by atoms with E-state index in [0.29, 0.717) is 12.4 Å². The van der Waals surface area contributed by atoms with Crippen molar-refractivity contribution in [3.8, 4) is 5.75 Å². The third kappa shape index (κ3) is 5.21. The number of hydrogen-bond acceptors (Lipinski definition) is 1. The second kappa shape index (κ2) is 7.04. The minimum atomic E-state index is -0.256. The van der Waals surface area contributed by atoms with Crippen LogP contribution < -0.4 is 4.74 Å². The van der Waals surface area contributed by atoms with E-state index in [0.717, 1.165) is 12.8 Å². The molecule has 1 aromatic rings. The van der Waals surface area contributed by atoms with Crippen LogP contribution in [0.15, 0.2) is 36.4 Å². The lowest BCUT2D eigenvalue weighted by atomic mass is 10.3. The van der Waals surface area contributed by atoms with Crippen LogP contribution in [-0.2, 0) is 0 Å². The first-order chi connectivity index (χ1) is 7.33. The topological polar surface area (TPSA) is 9.23 Å². The van der Waals surface area contributed by atoms with Gasteiger partial charge in [0.2, 0.25) is 0 Å². The Hall–Kier alpha value is -1.31. The van der Waals surface area contributed by atoms with Crippen molar-refractivity contribution in [2.75, 3.05) is 6.61 Å². The van der Waals surface area contributed by atoms with Gasteiger partial charge >= 0.3 is 0 Å². The normalized spacial score (nSPS) is 10.8. The van der Waals surface area contributed by atoms with Crippen molar-refractivity contribution in [3.05, 3.63) is 42.2 Å². The molecular formula is C13H17FO. The first-order valence-corrected chi connectivity index (χ1v) is 5.36. The van der Waals surface area contributed by atoms with Crippen LogP contribution in [0.5, 0.6) is 5.75 Å². The molecule has 0 saturated carbocycles. The van der Waals surface area contributed by atoms with Gasteiger partial charge in [-0.1, -0.05) is 31.6 Å². The Labute approximate surface area is 90.6 Å². The standard InChI is InChI=1S/C13H17FO/c1-2-3-4-5-6-10-15-13-9-7-8-12(14)11-13/h4-5,7-9,11H,2-3,6,10H2,1H3. The Balaban J connectivity index is 2.20. The largest absolute Gasteiger partial charge is 0.493 e. The van der Waals surface area contributed by atoms with Crippen LogP contribution in [0.1, 0.15) is 26.2 Å². The van der Waals surface area contributed by atoms with Crippen molar-refractivity contribution in [1.82, 2.24) is 0 Å². The minimum absolute atomic E-state index is 0.256. The number of hydrogen-bond donors (Lipinski definition) is 0. The van der Waals surface area contributed by atoms with Gasteiger partial charge in [-0.2, -0.15) is 0 Å². The molecule has 0 radical (unpaired) electrons. The van der Waals surface area contributed by atoms with Crippen LogP contribution >= 0.6 is 0 Å². The highest BCUT2D eigenvalue weighted by Gasteiger charge is 1.93. The zero-order valence-electron chi connectivity index (χ0n) is 9.08. The summed E-state index contributed by atoms with van der Waals surface area (Å²) in [5.41, 5.74) is 0. The predicted octanol–water partition coefficient (Wildman–Crippen LogP) is 3.95. The van der Waals surface area contributed by atoms with Crippen molar-refractivity contribution in [3.63, 3.8) is 0 Å². The fourth-order valence-electron chi connectivity index (χ4n) is 1.20. The van der Waals surface area contributed by atoms with Crippen LogP contribution in [0.25, 0.3) is 0 Å². The fraction of sp³-hybridized carbons (Fsp3) is 0.385. The molecule has 0 unspecified atom stereocenters. The number of benzene rings is 1. The van der Waals surface area contributed by atoms with E-state index in [9.17, 15) is 4.39 Å². The van der Waals surface area contributed by atoms with Crippen molar-refractivity contribution in [2.45, 2.75) is 26.2 Å². The smallest absolute Gasteiger partial charge is 0.126 e. The van der Waals surface area contributed by atoms with Crippen molar-refractivity contribution in [1.29, 1.82) is 0 Å². The second-order valence-corrected chi connectivity index (χ2v) is 3.35. The van der Waals surface area contributed by atoms with Gasteiger partial charge in [0, 0.05) is 6.07 Å². The summed E-state index contributed by atoms with van der Waals surface area (Å²) in [5.74, 6) is 0.341. The number of unbranched alkanes of at least 4 members (excludes halogenated alkanes) is 1. The Morgan fingerprint density at radius 3 is 2.80 bits per heavy atom. The van der Waals surface area contributed by atoms with Gasteiger partial charge in [-0.3, -0.25) is 0 Å².